The summed E-state index contributed by atoms with van der Waals surface area (Å²) in [5.74, 6) is -0.350. The Bertz CT molecular complexity index is 903. The number of benzene rings is 2. The van der Waals surface area contributed by atoms with Crippen LogP contribution >= 0.6 is 47.8 Å². The minimum atomic E-state index is -0.538. The summed E-state index contributed by atoms with van der Waals surface area (Å²) in [6.45, 7) is 2.15. The number of carbonyl (C=O) groups excluding carboxylic acids is 1. The molecule has 2 aromatic rings. The number of anilines is 1. The molecule has 0 fully saturated rings. The predicted molar refractivity (Wildman–Crippen MR) is 111 cm³/mol. The molecule has 0 aliphatic carbocycles. The summed E-state index contributed by atoms with van der Waals surface area (Å²) in [5.41, 5.74) is 0.995. The highest BCUT2D eigenvalue weighted by molar-refractivity contribution is 9.13. The van der Waals surface area contributed by atoms with E-state index in [1.54, 1.807) is 37.3 Å². The average Bonchev–Trinajstić information content (AvgIpc) is 2.63. The molecule has 0 atom stereocenters. The Balaban J connectivity index is 2.37. The maximum Gasteiger partial charge on any atom is 0.266 e. The van der Waals surface area contributed by atoms with E-state index in [9.17, 15) is 15.2 Å². The molecule has 0 heterocycles. The van der Waals surface area contributed by atoms with Gasteiger partial charge >= 0.3 is 0 Å². The minimum Gasteiger partial charge on any atom is -0.503 e. The topological polar surface area (TPSA) is 82.3 Å². The molecule has 2 rings (SSSR count). The minimum absolute atomic E-state index is 0.0614. The number of aromatic hydroxyl groups is 1. The molecular formula is C18H13Br3N2O3. The molecule has 0 aliphatic rings. The van der Waals surface area contributed by atoms with Gasteiger partial charge in [-0.05, 0) is 80.8 Å². The number of amides is 1. The molecule has 2 N–H and O–H groups in total. The Morgan fingerprint density at radius 1 is 1.27 bits per heavy atom. The van der Waals surface area contributed by atoms with Crippen LogP contribution in [0.4, 0.5) is 5.69 Å². The number of ether oxygens (including phenoxy) is 1. The number of carbonyl (C=O) groups is 1. The molecule has 0 saturated carbocycles. The van der Waals surface area contributed by atoms with E-state index in [0.717, 1.165) is 4.47 Å². The molecule has 0 spiro atoms. The molecule has 1 amide bonds. The van der Waals surface area contributed by atoms with E-state index in [4.69, 9.17) is 4.74 Å². The fourth-order valence-electron chi connectivity index (χ4n) is 2.02. The Kier molecular flexibility index (Phi) is 7.26. The fraction of sp³-hybridized carbons (Fsp3) is 0.111. The number of rotatable bonds is 5. The first-order valence-electron chi connectivity index (χ1n) is 7.39. The van der Waals surface area contributed by atoms with Crippen molar-refractivity contribution in [3.8, 4) is 17.6 Å². The van der Waals surface area contributed by atoms with Gasteiger partial charge in [-0.15, -0.1) is 0 Å². The van der Waals surface area contributed by atoms with Crippen molar-refractivity contribution in [2.45, 2.75) is 6.92 Å². The molecule has 2 aromatic carbocycles. The van der Waals surface area contributed by atoms with Crippen LogP contribution in [0, 0.1) is 11.3 Å². The van der Waals surface area contributed by atoms with Crippen LogP contribution in [0.5, 0.6) is 11.5 Å². The first-order valence-corrected chi connectivity index (χ1v) is 9.77. The van der Waals surface area contributed by atoms with Gasteiger partial charge in [0.05, 0.1) is 11.1 Å². The highest BCUT2D eigenvalue weighted by Crippen LogP contribution is 2.42. The number of hydrogen-bond acceptors (Lipinski definition) is 4. The van der Waals surface area contributed by atoms with Crippen LogP contribution < -0.4 is 10.1 Å². The Morgan fingerprint density at radius 3 is 2.50 bits per heavy atom. The summed E-state index contributed by atoms with van der Waals surface area (Å²) in [5, 5.41) is 22.1. The van der Waals surface area contributed by atoms with Crippen LogP contribution in [-0.2, 0) is 4.79 Å². The molecule has 8 heteroatoms. The zero-order valence-electron chi connectivity index (χ0n) is 13.5. The number of halogens is 3. The molecule has 0 unspecified atom stereocenters. The second kappa shape index (κ2) is 9.21. The van der Waals surface area contributed by atoms with Crippen LogP contribution in [0.25, 0.3) is 6.08 Å². The van der Waals surface area contributed by atoms with Crippen molar-refractivity contribution in [3.05, 3.63) is 54.9 Å². The lowest BCUT2D eigenvalue weighted by molar-refractivity contribution is -0.112. The maximum absolute atomic E-state index is 12.4. The summed E-state index contributed by atoms with van der Waals surface area (Å²) in [6.07, 6.45) is 1.42. The van der Waals surface area contributed by atoms with Crippen molar-refractivity contribution in [1.29, 1.82) is 5.26 Å². The van der Waals surface area contributed by atoms with Crippen LogP contribution in [-0.4, -0.2) is 17.6 Å². The van der Waals surface area contributed by atoms with Crippen molar-refractivity contribution < 1.29 is 14.6 Å². The van der Waals surface area contributed by atoms with E-state index in [1.165, 1.54) is 6.08 Å². The van der Waals surface area contributed by atoms with Gasteiger partial charge in [-0.3, -0.25) is 4.79 Å². The molecule has 26 heavy (non-hydrogen) atoms. The lowest BCUT2D eigenvalue weighted by Gasteiger charge is -2.11. The van der Waals surface area contributed by atoms with Gasteiger partial charge in [0.25, 0.3) is 5.91 Å². The van der Waals surface area contributed by atoms with Crippen molar-refractivity contribution in [2.75, 3.05) is 11.9 Å². The lowest BCUT2D eigenvalue weighted by Crippen LogP contribution is -2.13. The third-order valence-electron chi connectivity index (χ3n) is 3.24. The Labute approximate surface area is 176 Å². The Hall–Kier alpha value is -1.82. The monoisotopic (exact) mass is 542 g/mol. The van der Waals surface area contributed by atoms with E-state index in [1.807, 2.05) is 6.07 Å². The van der Waals surface area contributed by atoms with Gasteiger partial charge < -0.3 is 15.2 Å². The lowest BCUT2D eigenvalue weighted by atomic mass is 10.1. The first-order chi connectivity index (χ1) is 12.4. The SMILES string of the molecule is CCOc1cc(/C=C(/C#N)C(=O)Nc2ccc(Br)cc2)c(Br)c(Br)c1O. The summed E-state index contributed by atoms with van der Waals surface area (Å²) in [4.78, 5) is 12.4. The third kappa shape index (κ3) is 4.87. The van der Waals surface area contributed by atoms with Crippen LogP contribution in [0.3, 0.4) is 0 Å². The normalized spacial score (nSPS) is 11.0. The van der Waals surface area contributed by atoms with Crippen molar-refractivity contribution in [2.24, 2.45) is 0 Å². The zero-order valence-corrected chi connectivity index (χ0v) is 18.3. The van der Waals surface area contributed by atoms with Gasteiger partial charge in [-0.2, -0.15) is 5.26 Å². The van der Waals surface area contributed by atoms with Gasteiger partial charge in [0.2, 0.25) is 0 Å². The summed E-state index contributed by atoms with van der Waals surface area (Å²) >= 11 is 9.93. The predicted octanol–water partition coefficient (Wildman–Crippen LogP) is 5.62. The third-order valence-corrected chi connectivity index (χ3v) is 5.93. The van der Waals surface area contributed by atoms with E-state index < -0.39 is 5.91 Å². The van der Waals surface area contributed by atoms with E-state index >= 15 is 0 Å². The standard InChI is InChI=1S/C18H13Br3N2O3/c1-2-26-14-8-10(15(20)16(21)17(14)24)7-11(9-22)18(25)23-13-5-3-12(19)4-6-13/h3-8,24H,2H2,1H3,(H,23,25)/b11-7-. The van der Waals surface area contributed by atoms with E-state index in [0.29, 0.717) is 26.8 Å². The van der Waals surface area contributed by atoms with Crippen molar-refractivity contribution in [3.63, 3.8) is 0 Å². The van der Waals surface area contributed by atoms with E-state index in [2.05, 4.69) is 53.1 Å². The second-order valence-electron chi connectivity index (χ2n) is 5.00. The zero-order chi connectivity index (χ0) is 19.3. The molecule has 0 aromatic heterocycles. The molecular weight excluding hydrogens is 532 g/mol. The molecule has 0 saturated heterocycles. The number of phenolic OH excluding ortho intramolecular Hbond substituents is 1. The highest BCUT2D eigenvalue weighted by atomic mass is 79.9. The maximum atomic E-state index is 12.4. The largest absolute Gasteiger partial charge is 0.503 e. The van der Waals surface area contributed by atoms with Gasteiger partial charge in [-0.25, -0.2) is 0 Å². The van der Waals surface area contributed by atoms with Gasteiger partial charge in [0.15, 0.2) is 11.5 Å². The number of nitrogens with zero attached hydrogens (tertiary/aromatic N) is 1. The van der Waals surface area contributed by atoms with Crippen LogP contribution in [0.1, 0.15) is 12.5 Å². The van der Waals surface area contributed by atoms with Gasteiger partial charge in [0, 0.05) is 14.6 Å². The average molecular weight is 545 g/mol. The summed E-state index contributed by atoms with van der Waals surface area (Å²) in [7, 11) is 0. The summed E-state index contributed by atoms with van der Waals surface area (Å²) < 4.78 is 7.14. The van der Waals surface area contributed by atoms with Crippen molar-refractivity contribution in [1.82, 2.24) is 0 Å². The highest BCUT2D eigenvalue weighted by Gasteiger charge is 2.16. The van der Waals surface area contributed by atoms with Crippen LogP contribution in [0.2, 0.25) is 0 Å². The summed E-state index contributed by atoms with van der Waals surface area (Å²) in [6, 6.07) is 10.5. The Morgan fingerprint density at radius 2 is 1.92 bits per heavy atom. The quantitative estimate of drug-likeness (QED) is 0.378. The number of phenols is 1. The second-order valence-corrected chi connectivity index (χ2v) is 7.51. The van der Waals surface area contributed by atoms with Gasteiger partial charge in [-0.1, -0.05) is 15.9 Å². The molecule has 134 valence electrons. The molecule has 0 aliphatic heterocycles. The number of nitriles is 1. The van der Waals surface area contributed by atoms with Crippen LogP contribution in [0.15, 0.2) is 49.3 Å². The fourth-order valence-corrected chi connectivity index (χ4v) is 3.12. The molecule has 5 nitrogen and oxygen atoms in total. The number of hydrogen-bond donors (Lipinski definition) is 2. The number of nitrogens with one attached hydrogen (secondary N) is 1. The molecule has 0 bridgehead atoms. The first kappa shape index (κ1) is 20.5. The smallest absolute Gasteiger partial charge is 0.266 e. The molecule has 0 radical (unpaired) electrons. The van der Waals surface area contributed by atoms with Crippen molar-refractivity contribution >= 4 is 65.5 Å². The van der Waals surface area contributed by atoms with Gasteiger partial charge in [0.1, 0.15) is 11.6 Å². The van der Waals surface area contributed by atoms with E-state index in [-0.39, 0.29) is 17.1 Å².